The molecule has 1 heterocycles. The van der Waals surface area contributed by atoms with Crippen molar-refractivity contribution in [1.29, 1.82) is 0 Å². The molecular formula is C15H26N2O. The molecule has 0 spiro atoms. The molecule has 0 aromatic rings. The van der Waals surface area contributed by atoms with Crippen LogP contribution in [0.25, 0.3) is 0 Å². The largest absolute Gasteiger partial charge is 0.411 e. The average molecular weight is 250 g/mol. The van der Waals surface area contributed by atoms with Crippen LogP contribution in [0.4, 0.5) is 0 Å². The van der Waals surface area contributed by atoms with E-state index in [0.29, 0.717) is 5.92 Å². The number of likely N-dealkylation sites (tertiary alicyclic amines) is 1. The van der Waals surface area contributed by atoms with Crippen LogP contribution in [0, 0.1) is 5.92 Å². The number of piperidine rings is 1. The van der Waals surface area contributed by atoms with Crippen molar-refractivity contribution in [3.8, 4) is 0 Å². The third kappa shape index (κ3) is 2.46. The molecule has 3 heteroatoms. The SMILES string of the molecule is C=C(C)[C@@H]1CC[C@@](C)(N2CCCCC2)/C(=N\O)C1. The summed E-state index contributed by atoms with van der Waals surface area (Å²) in [4.78, 5) is 2.53. The first-order valence-corrected chi connectivity index (χ1v) is 7.20. The number of hydrogen-bond donors (Lipinski definition) is 1. The number of nitrogens with zero attached hydrogens (tertiary/aromatic N) is 2. The summed E-state index contributed by atoms with van der Waals surface area (Å²) >= 11 is 0. The summed E-state index contributed by atoms with van der Waals surface area (Å²) in [6.45, 7) is 10.7. The Bertz CT molecular complexity index is 344. The summed E-state index contributed by atoms with van der Waals surface area (Å²) in [5.74, 6) is 0.494. The van der Waals surface area contributed by atoms with Crippen LogP contribution in [0.1, 0.15) is 52.4 Å². The maximum absolute atomic E-state index is 9.39. The van der Waals surface area contributed by atoms with Crippen molar-refractivity contribution >= 4 is 5.71 Å². The van der Waals surface area contributed by atoms with Gasteiger partial charge in [0, 0.05) is 0 Å². The van der Waals surface area contributed by atoms with Crippen LogP contribution in [0.15, 0.2) is 17.3 Å². The van der Waals surface area contributed by atoms with Gasteiger partial charge in [0.15, 0.2) is 0 Å². The van der Waals surface area contributed by atoms with Crippen molar-refractivity contribution in [2.45, 2.75) is 57.9 Å². The molecule has 102 valence electrons. The Hall–Kier alpha value is -0.830. The molecule has 1 N–H and O–H groups in total. The molecule has 1 saturated carbocycles. The quantitative estimate of drug-likeness (QED) is 0.463. The van der Waals surface area contributed by atoms with Crippen LogP contribution >= 0.6 is 0 Å². The second-order valence-electron chi connectivity index (χ2n) is 6.15. The third-order valence-corrected chi connectivity index (χ3v) is 4.91. The Balaban J connectivity index is 2.14. The van der Waals surface area contributed by atoms with Crippen LogP contribution in [0.2, 0.25) is 0 Å². The van der Waals surface area contributed by atoms with E-state index in [1.165, 1.54) is 31.3 Å². The van der Waals surface area contributed by atoms with Gasteiger partial charge >= 0.3 is 0 Å². The second-order valence-corrected chi connectivity index (χ2v) is 6.15. The average Bonchev–Trinajstić information content (AvgIpc) is 2.40. The molecule has 0 amide bonds. The Labute approximate surface area is 111 Å². The highest BCUT2D eigenvalue weighted by Gasteiger charge is 2.42. The van der Waals surface area contributed by atoms with E-state index in [0.717, 1.165) is 31.6 Å². The summed E-state index contributed by atoms with van der Waals surface area (Å²) in [5, 5.41) is 13.0. The van der Waals surface area contributed by atoms with Crippen LogP contribution < -0.4 is 0 Å². The molecule has 2 atom stereocenters. The summed E-state index contributed by atoms with van der Waals surface area (Å²) in [6.07, 6.45) is 7.02. The molecular weight excluding hydrogens is 224 g/mol. The van der Waals surface area contributed by atoms with Crippen molar-refractivity contribution < 1.29 is 5.21 Å². The first-order chi connectivity index (χ1) is 8.58. The fourth-order valence-corrected chi connectivity index (χ4v) is 3.45. The van der Waals surface area contributed by atoms with Crippen molar-refractivity contribution in [3.63, 3.8) is 0 Å². The van der Waals surface area contributed by atoms with Gasteiger partial charge in [-0.2, -0.15) is 0 Å². The number of hydrogen-bond acceptors (Lipinski definition) is 3. The highest BCUT2D eigenvalue weighted by molar-refractivity contribution is 5.94. The van der Waals surface area contributed by atoms with E-state index in [9.17, 15) is 5.21 Å². The van der Waals surface area contributed by atoms with Gasteiger partial charge in [-0.25, -0.2) is 0 Å². The first kappa shape index (κ1) is 13.6. The van der Waals surface area contributed by atoms with E-state index >= 15 is 0 Å². The maximum atomic E-state index is 9.39. The van der Waals surface area contributed by atoms with Gasteiger partial charge in [-0.15, -0.1) is 0 Å². The van der Waals surface area contributed by atoms with Gasteiger partial charge in [0.1, 0.15) is 0 Å². The van der Waals surface area contributed by atoms with Gasteiger partial charge in [0.05, 0.1) is 11.3 Å². The minimum Gasteiger partial charge on any atom is -0.411 e. The molecule has 1 aliphatic carbocycles. The Kier molecular flexibility index (Phi) is 4.10. The predicted octanol–water partition coefficient (Wildman–Crippen LogP) is 3.44. The van der Waals surface area contributed by atoms with Crippen LogP contribution in [0.3, 0.4) is 0 Å². The monoisotopic (exact) mass is 250 g/mol. The Morgan fingerprint density at radius 1 is 1.39 bits per heavy atom. The zero-order chi connectivity index (χ0) is 13.2. The Morgan fingerprint density at radius 2 is 2.06 bits per heavy atom. The van der Waals surface area contributed by atoms with E-state index in [1.807, 2.05) is 0 Å². The van der Waals surface area contributed by atoms with Gasteiger partial charge < -0.3 is 5.21 Å². The third-order valence-electron chi connectivity index (χ3n) is 4.91. The molecule has 0 bridgehead atoms. The van der Waals surface area contributed by atoms with Crippen molar-refractivity contribution in [2.75, 3.05) is 13.1 Å². The van der Waals surface area contributed by atoms with Crippen molar-refractivity contribution in [2.24, 2.45) is 11.1 Å². The molecule has 2 fully saturated rings. The van der Waals surface area contributed by atoms with E-state index in [4.69, 9.17) is 0 Å². The summed E-state index contributed by atoms with van der Waals surface area (Å²) in [6, 6.07) is 0. The lowest BCUT2D eigenvalue weighted by atomic mass is 9.72. The molecule has 3 nitrogen and oxygen atoms in total. The second kappa shape index (κ2) is 5.43. The molecule has 2 aliphatic rings. The van der Waals surface area contributed by atoms with Gasteiger partial charge in [-0.3, -0.25) is 4.90 Å². The smallest absolute Gasteiger partial charge is 0.0776 e. The van der Waals surface area contributed by atoms with Crippen LogP contribution in [0.5, 0.6) is 0 Å². The molecule has 1 aliphatic heterocycles. The van der Waals surface area contributed by atoms with Gasteiger partial charge in [0.25, 0.3) is 0 Å². The van der Waals surface area contributed by atoms with Crippen LogP contribution in [-0.2, 0) is 0 Å². The molecule has 1 saturated heterocycles. The first-order valence-electron chi connectivity index (χ1n) is 7.20. The van der Waals surface area contributed by atoms with Crippen molar-refractivity contribution in [3.05, 3.63) is 12.2 Å². The van der Waals surface area contributed by atoms with Gasteiger partial charge in [0.2, 0.25) is 0 Å². The highest BCUT2D eigenvalue weighted by Crippen LogP contribution is 2.38. The standard InChI is InChI=1S/C15H26N2O/c1-12(2)13-7-8-15(3,14(11-13)16-18)17-9-5-4-6-10-17/h13,18H,1,4-11H2,2-3H3/b16-14-/t13-,15-/m1/s1. The topological polar surface area (TPSA) is 35.8 Å². The summed E-state index contributed by atoms with van der Waals surface area (Å²) in [7, 11) is 0. The number of rotatable bonds is 2. The van der Waals surface area contributed by atoms with Crippen LogP contribution in [-0.4, -0.2) is 34.4 Å². The number of allylic oxidation sites excluding steroid dienone is 1. The lowest BCUT2D eigenvalue weighted by Crippen LogP contribution is -2.56. The molecule has 0 aromatic carbocycles. The minimum atomic E-state index is -0.0267. The minimum absolute atomic E-state index is 0.0267. The molecule has 0 radical (unpaired) electrons. The lowest BCUT2D eigenvalue weighted by Gasteiger charge is -2.47. The predicted molar refractivity (Wildman–Crippen MR) is 75.2 cm³/mol. The lowest BCUT2D eigenvalue weighted by molar-refractivity contribution is 0.106. The fraction of sp³-hybridized carbons (Fsp3) is 0.800. The van der Waals surface area contributed by atoms with Crippen molar-refractivity contribution in [1.82, 2.24) is 4.90 Å². The van der Waals surface area contributed by atoms with E-state index in [2.05, 4.69) is 30.5 Å². The summed E-state index contributed by atoms with van der Waals surface area (Å²) in [5.41, 5.74) is 2.15. The molecule has 2 rings (SSSR count). The van der Waals surface area contributed by atoms with E-state index in [-0.39, 0.29) is 5.54 Å². The molecule has 0 aromatic heterocycles. The zero-order valence-corrected chi connectivity index (χ0v) is 11.8. The van der Waals surface area contributed by atoms with E-state index in [1.54, 1.807) is 0 Å². The molecule has 0 unspecified atom stereocenters. The number of oxime groups is 1. The zero-order valence-electron chi connectivity index (χ0n) is 11.8. The maximum Gasteiger partial charge on any atom is 0.0776 e. The van der Waals surface area contributed by atoms with Gasteiger partial charge in [-0.1, -0.05) is 23.7 Å². The fourth-order valence-electron chi connectivity index (χ4n) is 3.45. The van der Waals surface area contributed by atoms with Gasteiger partial charge in [-0.05, 0) is 65.0 Å². The highest BCUT2D eigenvalue weighted by atomic mass is 16.4. The summed E-state index contributed by atoms with van der Waals surface area (Å²) < 4.78 is 0. The normalized spacial score (nSPS) is 36.8. The Morgan fingerprint density at radius 3 is 2.61 bits per heavy atom. The van der Waals surface area contributed by atoms with E-state index < -0.39 is 0 Å². The molecule has 18 heavy (non-hydrogen) atoms.